The Balaban J connectivity index is 1.96. The Morgan fingerprint density at radius 1 is 1.31 bits per heavy atom. The lowest BCUT2D eigenvalue weighted by Crippen LogP contribution is -2.24. The van der Waals surface area contributed by atoms with E-state index in [-0.39, 0.29) is 0 Å². The fraction of sp³-hybridized carbons (Fsp3) is 0.269. The Labute approximate surface area is 176 Å². The summed E-state index contributed by atoms with van der Waals surface area (Å²) in [6, 6.07) is 8.86. The van der Waals surface area contributed by atoms with Gasteiger partial charge in [0.05, 0.1) is 11.4 Å². The van der Waals surface area contributed by atoms with Gasteiger partial charge in [-0.2, -0.15) is 5.10 Å². The molecule has 0 radical (unpaired) electrons. The van der Waals surface area contributed by atoms with E-state index < -0.39 is 0 Å². The zero-order valence-corrected chi connectivity index (χ0v) is 18.0. The molecule has 29 heavy (non-hydrogen) atoms. The van der Waals surface area contributed by atoms with Gasteiger partial charge in [0.2, 0.25) is 0 Å². The van der Waals surface area contributed by atoms with Gasteiger partial charge in [-0.15, -0.1) is 0 Å². The highest BCUT2D eigenvalue weighted by Crippen LogP contribution is 2.20. The van der Waals surface area contributed by atoms with E-state index in [9.17, 15) is 0 Å². The van der Waals surface area contributed by atoms with E-state index in [1.807, 2.05) is 31.2 Å². The van der Waals surface area contributed by atoms with Crippen molar-refractivity contribution in [1.82, 2.24) is 10.7 Å². The van der Waals surface area contributed by atoms with Crippen LogP contribution in [0.5, 0.6) is 0 Å². The van der Waals surface area contributed by atoms with Gasteiger partial charge in [0, 0.05) is 23.4 Å². The molecule has 1 aliphatic rings. The number of allylic oxidation sites excluding steroid dienone is 6. The summed E-state index contributed by atoms with van der Waals surface area (Å²) in [5.41, 5.74) is 10.1. The maximum Gasteiger partial charge on any atom is 0.0913 e. The molecule has 0 bridgehead atoms. The van der Waals surface area contributed by atoms with Crippen molar-refractivity contribution in [2.75, 3.05) is 6.54 Å². The quantitative estimate of drug-likeness (QED) is 0.385. The first kappa shape index (κ1) is 22.2. The molecule has 1 aliphatic heterocycles. The summed E-state index contributed by atoms with van der Waals surface area (Å²) in [5.74, 6) is 0.558. The normalized spacial score (nSPS) is 14.5. The molecule has 0 atom stereocenters. The smallest absolute Gasteiger partial charge is 0.0913 e. The van der Waals surface area contributed by atoms with Gasteiger partial charge < -0.3 is 5.32 Å². The topological polar surface area (TPSA) is 36.4 Å². The lowest BCUT2D eigenvalue weighted by molar-refractivity contribution is 0.725. The molecule has 0 saturated heterocycles. The summed E-state index contributed by atoms with van der Waals surface area (Å²) in [5, 5.41) is 7.83. The number of aryl methyl sites for hydroxylation is 1. The van der Waals surface area contributed by atoms with Crippen LogP contribution < -0.4 is 10.7 Å². The SMILES string of the molecule is C=C/C=C(\C=C/C)C1=NNC(=C)C(C(=C)NCCCc2cccc(C(C)C)c2)=C1. The predicted octanol–water partition coefficient (Wildman–Crippen LogP) is 5.93. The molecule has 1 aromatic rings. The number of hydrogen-bond donors (Lipinski definition) is 2. The highest BCUT2D eigenvalue weighted by atomic mass is 15.3. The third-order valence-corrected chi connectivity index (χ3v) is 4.78. The first-order valence-corrected chi connectivity index (χ1v) is 10.2. The highest BCUT2D eigenvalue weighted by molar-refractivity contribution is 6.12. The lowest BCUT2D eigenvalue weighted by atomic mass is 9.99. The van der Waals surface area contributed by atoms with E-state index in [2.05, 4.69) is 73.7 Å². The second-order valence-corrected chi connectivity index (χ2v) is 7.41. The van der Waals surface area contributed by atoms with E-state index in [0.29, 0.717) is 5.92 Å². The molecule has 2 N–H and O–H groups in total. The number of nitrogens with one attached hydrogen (secondary N) is 2. The molecule has 0 aromatic heterocycles. The van der Waals surface area contributed by atoms with Crippen molar-refractivity contribution in [1.29, 1.82) is 0 Å². The van der Waals surface area contributed by atoms with E-state index in [4.69, 9.17) is 0 Å². The van der Waals surface area contributed by atoms with Crippen LogP contribution in [0.15, 0.2) is 102 Å². The van der Waals surface area contributed by atoms with E-state index in [1.54, 1.807) is 6.08 Å². The largest absolute Gasteiger partial charge is 0.385 e. The van der Waals surface area contributed by atoms with Crippen LogP contribution in [0.1, 0.15) is 44.2 Å². The van der Waals surface area contributed by atoms with Gasteiger partial charge in [0.25, 0.3) is 0 Å². The minimum absolute atomic E-state index is 0.558. The Morgan fingerprint density at radius 3 is 2.79 bits per heavy atom. The zero-order valence-electron chi connectivity index (χ0n) is 18.0. The minimum atomic E-state index is 0.558. The fourth-order valence-corrected chi connectivity index (χ4v) is 3.13. The van der Waals surface area contributed by atoms with Gasteiger partial charge in [-0.1, -0.05) is 82.2 Å². The second kappa shape index (κ2) is 11.1. The maximum atomic E-state index is 4.39. The van der Waals surface area contributed by atoms with Crippen LogP contribution in [0.2, 0.25) is 0 Å². The van der Waals surface area contributed by atoms with E-state index in [0.717, 1.165) is 47.6 Å². The molecule has 1 aromatic carbocycles. The number of nitrogens with zero attached hydrogens (tertiary/aromatic N) is 1. The molecule has 0 amide bonds. The Kier molecular flexibility index (Phi) is 8.47. The van der Waals surface area contributed by atoms with Crippen molar-refractivity contribution in [3.8, 4) is 0 Å². The van der Waals surface area contributed by atoms with Gasteiger partial charge in [-0.25, -0.2) is 0 Å². The third-order valence-electron chi connectivity index (χ3n) is 4.78. The third kappa shape index (κ3) is 6.49. The van der Waals surface area contributed by atoms with Gasteiger partial charge in [-0.3, -0.25) is 5.43 Å². The number of hydrazone groups is 1. The molecule has 0 aliphatic carbocycles. The summed E-state index contributed by atoms with van der Waals surface area (Å²) < 4.78 is 0. The van der Waals surface area contributed by atoms with E-state index in [1.165, 1.54) is 11.1 Å². The van der Waals surface area contributed by atoms with Crippen LogP contribution in [0.4, 0.5) is 0 Å². The molecule has 1 heterocycles. The molecule has 3 nitrogen and oxygen atoms in total. The lowest BCUT2D eigenvalue weighted by Gasteiger charge is -2.20. The summed E-state index contributed by atoms with van der Waals surface area (Å²) in [7, 11) is 0. The summed E-state index contributed by atoms with van der Waals surface area (Å²) in [6.07, 6.45) is 11.8. The average molecular weight is 388 g/mol. The van der Waals surface area contributed by atoms with Crippen LogP contribution in [0.25, 0.3) is 0 Å². The zero-order chi connectivity index (χ0) is 21.2. The molecule has 0 spiro atoms. The molecule has 0 fully saturated rings. The fourth-order valence-electron chi connectivity index (χ4n) is 3.13. The van der Waals surface area contributed by atoms with Crippen molar-refractivity contribution in [3.63, 3.8) is 0 Å². The summed E-state index contributed by atoms with van der Waals surface area (Å²) in [4.78, 5) is 0. The summed E-state index contributed by atoms with van der Waals surface area (Å²) >= 11 is 0. The molecule has 0 unspecified atom stereocenters. The van der Waals surface area contributed by atoms with Crippen LogP contribution in [0, 0.1) is 0 Å². The van der Waals surface area contributed by atoms with Crippen molar-refractivity contribution < 1.29 is 0 Å². The highest BCUT2D eigenvalue weighted by Gasteiger charge is 2.14. The molecule has 2 rings (SSSR count). The van der Waals surface area contributed by atoms with Gasteiger partial charge in [0.1, 0.15) is 0 Å². The first-order valence-electron chi connectivity index (χ1n) is 10.2. The average Bonchev–Trinajstić information content (AvgIpc) is 2.71. The Morgan fingerprint density at radius 2 is 2.10 bits per heavy atom. The van der Waals surface area contributed by atoms with Gasteiger partial charge in [-0.05, 0) is 42.9 Å². The molecular formula is C26H33N3. The first-order chi connectivity index (χ1) is 14.0. The van der Waals surface area contributed by atoms with E-state index >= 15 is 0 Å². The molecule has 152 valence electrons. The molecular weight excluding hydrogens is 354 g/mol. The summed E-state index contributed by atoms with van der Waals surface area (Å²) in [6.45, 7) is 19.3. The van der Waals surface area contributed by atoms with Crippen LogP contribution in [-0.2, 0) is 6.42 Å². The van der Waals surface area contributed by atoms with Crippen LogP contribution >= 0.6 is 0 Å². The Hall–Kier alpha value is -3.07. The second-order valence-electron chi connectivity index (χ2n) is 7.41. The van der Waals surface area contributed by atoms with Crippen molar-refractivity contribution in [2.24, 2.45) is 5.10 Å². The van der Waals surface area contributed by atoms with Crippen molar-refractivity contribution >= 4 is 5.71 Å². The van der Waals surface area contributed by atoms with Gasteiger partial charge in [0.15, 0.2) is 0 Å². The van der Waals surface area contributed by atoms with Crippen LogP contribution in [-0.4, -0.2) is 12.3 Å². The number of rotatable bonds is 10. The standard InChI is InChI=1S/C26H33N3/c1-7-11-23(12-8-2)26-18-25(21(6)28-29-26)20(5)27-16-10-14-22-13-9-15-24(17-22)19(3)4/h7-9,11-13,15,17-19,27-28H,1,5-6,10,14,16H2,2-4H3/b12-8-,23-11+. The maximum absolute atomic E-state index is 4.39. The molecule has 0 saturated carbocycles. The minimum Gasteiger partial charge on any atom is -0.385 e. The van der Waals surface area contributed by atoms with Gasteiger partial charge >= 0.3 is 0 Å². The molecule has 3 heteroatoms. The predicted molar refractivity (Wildman–Crippen MR) is 127 cm³/mol. The van der Waals surface area contributed by atoms with Crippen molar-refractivity contribution in [2.45, 2.75) is 39.5 Å². The van der Waals surface area contributed by atoms with Crippen molar-refractivity contribution in [3.05, 3.63) is 108 Å². The number of benzene rings is 1. The number of hydrogen-bond acceptors (Lipinski definition) is 3. The monoisotopic (exact) mass is 387 g/mol. The van der Waals surface area contributed by atoms with Crippen LogP contribution in [0.3, 0.4) is 0 Å². The Bertz CT molecular complexity index is 879.